The largest absolute Gasteiger partial charge is 0.465 e. The number of rotatable bonds is 5. The SMILES string of the molecule is CCCN(C(=O)c1ccccc1)c1cc(C(=O)OC)cc2cc(Cl)cc(Cl)c12. The minimum Gasteiger partial charge on any atom is -0.465 e. The van der Waals surface area contributed by atoms with Crippen LogP contribution in [0.5, 0.6) is 0 Å². The number of hydrogen-bond acceptors (Lipinski definition) is 3. The first-order valence-electron chi connectivity index (χ1n) is 8.84. The molecule has 1 amide bonds. The molecule has 144 valence electrons. The van der Waals surface area contributed by atoms with Gasteiger partial charge in [-0.15, -0.1) is 0 Å². The van der Waals surface area contributed by atoms with Crippen molar-refractivity contribution in [1.82, 2.24) is 0 Å². The molecule has 0 saturated carbocycles. The van der Waals surface area contributed by atoms with Gasteiger partial charge < -0.3 is 9.64 Å². The van der Waals surface area contributed by atoms with Gasteiger partial charge in [0.2, 0.25) is 0 Å². The summed E-state index contributed by atoms with van der Waals surface area (Å²) < 4.78 is 4.88. The number of fused-ring (bicyclic) bond motifs is 1. The Bertz CT molecular complexity index is 1030. The zero-order valence-electron chi connectivity index (χ0n) is 15.5. The first-order valence-corrected chi connectivity index (χ1v) is 9.60. The molecular formula is C22H19Cl2NO3. The molecule has 0 saturated heterocycles. The number of anilines is 1. The van der Waals surface area contributed by atoms with Crippen LogP contribution in [-0.2, 0) is 4.74 Å². The van der Waals surface area contributed by atoms with Gasteiger partial charge in [-0.25, -0.2) is 4.79 Å². The van der Waals surface area contributed by atoms with Crippen molar-refractivity contribution in [2.45, 2.75) is 13.3 Å². The molecule has 28 heavy (non-hydrogen) atoms. The van der Waals surface area contributed by atoms with E-state index in [1.54, 1.807) is 41.3 Å². The van der Waals surface area contributed by atoms with Crippen LogP contribution in [0.4, 0.5) is 5.69 Å². The number of carbonyl (C=O) groups is 2. The molecule has 4 nitrogen and oxygen atoms in total. The fraction of sp³-hybridized carbons (Fsp3) is 0.182. The molecule has 0 bridgehead atoms. The van der Waals surface area contributed by atoms with Crippen LogP contribution in [0.25, 0.3) is 10.8 Å². The lowest BCUT2D eigenvalue weighted by atomic mass is 10.0. The molecule has 0 aliphatic carbocycles. The Hall–Kier alpha value is -2.56. The van der Waals surface area contributed by atoms with Crippen LogP contribution < -0.4 is 4.90 Å². The van der Waals surface area contributed by atoms with Gasteiger partial charge in [0.05, 0.1) is 23.4 Å². The number of hydrogen-bond donors (Lipinski definition) is 0. The standard InChI is InChI=1S/C22H19Cl2NO3/c1-3-9-25(21(26)14-7-5-4-6-8-14)19-12-16(22(27)28-2)10-15-11-17(23)13-18(24)20(15)19/h4-8,10-13H,3,9H2,1-2H3. The van der Waals surface area contributed by atoms with E-state index in [1.807, 2.05) is 25.1 Å². The number of benzene rings is 3. The van der Waals surface area contributed by atoms with E-state index >= 15 is 0 Å². The Morgan fingerprint density at radius 2 is 1.71 bits per heavy atom. The average Bonchev–Trinajstić information content (AvgIpc) is 2.70. The van der Waals surface area contributed by atoms with E-state index in [2.05, 4.69) is 0 Å². The molecule has 0 heterocycles. The first-order chi connectivity index (χ1) is 13.5. The van der Waals surface area contributed by atoms with Crippen molar-refractivity contribution in [2.24, 2.45) is 0 Å². The highest BCUT2D eigenvalue weighted by molar-refractivity contribution is 6.40. The van der Waals surface area contributed by atoms with Crippen LogP contribution in [0.1, 0.15) is 34.1 Å². The molecule has 0 spiro atoms. The summed E-state index contributed by atoms with van der Waals surface area (Å²) in [6, 6.07) is 15.7. The number of nitrogens with zero attached hydrogens (tertiary/aromatic N) is 1. The van der Waals surface area contributed by atoms with E-state index in [1.165, 1.54) is 7.11 Å². The van der Waals surface area contributed by atoms with Gasteiger partial charge in [-0.05, 0) is 48.2 Å². The highest BCUT2D eigenvalue weighted by Crippen LogP contribution is 2.37. The van der Waals surface area contributed by atoms with Crippen LogP contribution >= 0.6 is 23.2 Å². The number of carbonyl (C=O) groups excluding carboxylic acids is 2. The van der Waals surface area contributed by atoms with Crippen molar-refractivity contribution >= 4 is 51.5 Å². The predicted octanol–water partition coefficient (Wildman–Crippen LogP) is 5.99. The number of methoxy groups -OCH3 is 1. The molecule has 6 heteroatoms. The quantitative estimate of drug-likeness (QED) is 0.480. The molecule has 0 unspecified atom stereocenters. The van der Waals surface area contributed by atoms with Crippen LogP contribution in [0, 0.1) is 0 Å². The smallest absolute Gasteiger partial charge is 0.337 e. The van der Waals surface area contributed by atoms with Crippen molar-refractivity contribution in [3.8, 4) is 0 Å². The highest BCUT2D eigenvalue weighted by Gasteiger charge is 2.23. The molecule has 3 rings (SSSR count). The molecule has 0 N–H and O–H groups in total. The van der Waals surface area contributed by atoms with Crippen molar-refractivity contribution in [3.05, 3.63) is 75.8 Å². The Balaban J connectivity index is 2.27. The summed E-state index contributed by atoms with van der Waals surface area (Å²) in [4.78, 5) is 27.1. The van der Waals surface area contributed by atoms with Crippen LogP contribution in [-0.4, -0.2) is 25.5 Å². The molecule has 0 radical (unpaired) electrons. The third-order valence-corrected chi connectivity index (χ3v) is 4.89. The van der Waals surface area contributed by atoms with Crippen molar-refractivity contribution < 1.29 is 14.3 Å². The minimum atomic E-state index is -0.497. The molecule has 0 aliphatic heterocycles. The van der Waals surface area contributed by atoms with E-state index in [9.17, 15) is 9.59 Å². The maximum Gasteiger partial charge on any atom is 0.337 e. The number of ether oxygens (including phenoxy) is 1. The van der Waals surface area contributed by atoms with Gasteiger partial charge in [-0.1, -0.05) is 48.3 Å². The molecule has 0 atom stereocenters. The van der Waals surface area contributed by atoms with E-state index in [-0.39, 0.29) is 5.91 Å². The minimum absolute atomic E-state index is 0.170. The zero-order chi connectivity index (χ0) is 20.3. The molecular weight excluding hydrogens is 397 g/mol. The summed E-state index contributed by atoms with van der Waals surface area (Å²) >= 11 is 12.6. The van der Waals surface area contributed by atoms with Gasteiger partial charge in [0, 0.05) is 22.5 Å². The maximum atomic E-state index is 13.2. The van der Waals surface area contributed by atoms with Gasteiger partial charge in [-0.2, -0.15) is 0 Å². The molecule has 3 aromatic rings. The Labute approximate surface area is 173 Å². The molecule has 3 aromatic carbocycles. The van der Waals surface area contributed by atoms with Gasteiger partial charge in [-0.3, -0.25) is 4.79 Å². The Kier molecular flexibility index (Phi) is 6.22. The van der Waals surface area contributed by atoms with Gasteiger partial charge in [0.15, 0.2) is 0 Å². The number of esters is 1. The highest BCUT2D eigenvalue weighted by atomic mass is 35.5. The fourth-order valence-electron chi connectivity index (χ4n) is 3.15. The molecule has 0 fully saturated rings. The Morgan fingerprint density at radius 1 is 1.00 bits per heavy atom. The van der Waals surface area contributed by atoms with Crippen LogP contribution in [0.15, 0.2) is 54.6 Å². The number of amides is 1. The summed E-state index contributed by atoms with van der Waals surface area (Å²) in [7, 11) is 1.32. The predicted molar refractivity (Wildman–Crippen MR) is 114 cm³/mol. The normalized spacial score (nSPS) is 10.7. The van der Waals surface area contributed by atoms with Gasteiger partial charge in [0.1, 0.15) is 0 Å². The first kappa shape index (κ1) is 20.2. The van der Waals surface area contributed by atoms with Gasteiger partial charge in [0.25, 0.3) is 5.91 Å². The summed E-state index contributed by atoms with van der Waals surface area (Å²) in [5.74, 6) is -0.667. The average molecular weight is 416 g/mol. The van der Waals surface area contributed by atoms with Crippen LogP contribution in [0.2, 0.25) is 10.0 Å². The summed E-state index contributed by atoms with van der Waals surface area (Å²) in [5.41, 5.74) is 1.43. The van der Waals surface area contributed by atoms with E-state index in [0.717, 1.165) is 6.42 Å². The third kappa shape index (κ3) is 3.98. The topological polar surface area (TPSA) is 46.6 Å². The second-order valence-electron chi connectivity index (χ2n) is 6.30. The van der Waals surface area contributed by atoms with Crippen molar-refractivity contribution in [1.29, 1.82) is 0 Å². The molecule has 0 aliphatic rings. The van der Waals surface area contributed by atoms with Crippen LogP contribution in [0.3, 0.4) is 0 Å². The summed E-state index contributed by atoms with van der Waals surface area (Å²) in [6.45, 7) is 2.45. The lowest BCUT2D eigenvalue weighted by Crippen LogP contribution is -2.32. The zero-order valence-corrected chi connectivity index (χ0v) is 17.1. The lowest BCUT2D eigenvalue weighted by Gasteiger charge is -2.25. The number of halogens is 2. The lowest BCUT2D eigenvalue weighted by molar-refractivity contribution is 0.0600. The van der Waals surface area contributed by atoms with E-state index in [4.69, 9.17) is 27.9 Å². The second kappa shape index (κ2) is 8.63. The van der Waals surface area contributed by atoms with E-state index in [0.29, 0.717) is 44.2 Å². The van der Waals surface area contributed by atoms with Crippen molar-refractivity contribution in [2.75, 3.05) is 18.6 Å². The van der Waals surface area contributed by atoms with Crippen molar-refractivity contribution in [3.63, 3.8) is 0 Å². The third-order valence-electron chi connectivity index (χ3n) is 4.37. The summed E-state index contributed by atoms with van der Waals surface area (Å²) in [5, 5.41) is 2.19. The fourth-order valence-corrected chi connectivity index (χ4v) is 3.75. The molecule has 0 aromatic heterocycles. The van der Waals surface area contributed by atoms with E-state index < -0.39 is 5.97 Å². The Morgan fingerprint density at radius 3 is 2.36 bits per heavy atom. The maximum absolute atomic E-state index is 13.2. The van der Waals surface area contributed by atoms with Gasteiger partial charge >= 0.3 is 5.97 Å². The monoisotopic (exact) mass is 415 g/mol. The summed E-state index contributed by atoms with van der Waals surface area (Å²) in [6.07, 6.45) is 0.730. The second-order valence-corrected chi connectivity index (χ2v) is 7.14.